The van der Waals surface area contributed by atoms with Crippen molar-refractivity contribution in [3.8, 4) is 0 Å². The molecule has 1 N–H and O–H groups in total. The van der Waals surface area contributed by atoms with Gasteiger partial charge in [-0.1, -0.05) is 13.8 Å². The van der Waals surface area contributed by atoms with Crippen molar-refractivity contribution in [1.82, 2.24) is 10.3 Å². The third-order valence-electron chi connectivity index (χ3n) is 4.12. The Labute approximate surface area is 121 Å². The molecular formula is C15H27N3S. The Morgan fingerprint density at radius 3 is 2.95 bits per heavy atom. The zero-order valence-corrected chi connectivity index (χ0v) is 13.5. The summed E-state index contributed by atoms with van der Waals surface area (Å²) in [4.78, 5) is 8.58. The Bertz CT molecular complexity index is 390. The van der Waals surface area contributed by atoms with Gasteiger partial charge < -0.3 is 10.2 Å². The third-order valence-corrected chi connectivity index (χ3v) is 5.31. The third kappa shape index (κ3) is 3.29. The van der Waals surface area contributed by atoms with Gasteiger partial charge in [0.2, 0.25) is 0 Å². The molecule has 4 heteroatoms. The smallest absolute Gasteiger partial charge is 0.186 e. The molecule has 1 fully saturated rings. The fourth-order valence-corrected chi connectivity index (χ4v) is 3.99. The monoisotopic (exact) mass is 281 g/mol. The van der Waals surface area contributed by atoms with Crippen molar-refractivity contribution in [2.75, 3.05) is 11.4 Å². The maximum absolute atomic E-state index is 4.68. The predicted molar refractivity (Wildman–Crippen MR) is 84.1 cm³/mol. The van der Waals surface area contributed by atoms with Crippen molar-refractivity contribution in [2.24, 2.45) is 0 Å². The van der Waals surface area contributed by atoms with Gasteiger partial charge in [0.1, 0.15) is 0 Å². The first kappa shape index (κ1) is 14.8. The van der Waals surface area contributed by atoms with Gasteiger partial charge in [-0.2, -0.15) is 0 Å². The Hall–Kier alpha value is -0.610. The van der Waals surface area contributed by atoms with E-state index < -0.39 is 0 Å². The quantitative estimate of drug-likeness (QED) is 0.855. The van der Waals surface area contributed by atoms with E-state index in [1.165, 1.54) is 35.7 Å². The van der Waals surface area contributed by atoms with Gasteiger partial charge in [-0.15, -0.1) is 11.3 Å². The average Bonchev–Trinajstić information content (AvgIpc) is 3.01. The molecule has 3 unspecified atom stereocenters. The Morgan fingerprint density at radius 2 is 2.26 bits per heavy atom. The number of rotatable bonds is 6. The number of aromatic nitrogens is 1. The van der Waals surface area contributed by atoms with Crippen molar-refractivity contribution in [3.63, 3.8) is 0 Å². The van der Waals surface area contributed by atoms with Crippen LogP contribution in [0, 0.1) is 0 Å². The maximum Gasteiger partial charge on any atom is 0.186 e. The van der Waals surface area contributed by atoms with E-state index in [0.717, 1.165) is 6.54 Å². The van der Waals surface area contributed by atoms with E-state index in [2.05, 4.69) is 49.1 Å². The molecule has 2 heterocycles. The maximum atomic E-state index is 4.68. The molecule has 1 aromatic heterocycles. The van der Waals surface area contributed by atoms with Crippen molar-refractivity contribution in [2.45, 2.75) is 71.5 Å². The first-order valence-corrected chi connectivity index (χ1v) is 8.46. The molecule has 0 spiro atoms. The molecule has 3 atom stereocenters. The molecular weight excluding hydrogens is 254 g/mol. The summed E-state index contributed by atoms with van der Waals surface area (Å²) in [6.45, 7) is 10.1. The molecule has 0 aromatic carbocycles. The standard InChI is InChI=1S/C15H27N3S/c1-5-9-16-12(4)14-10-17-15(19-14)18-11(3)7-8-13(18)6-2/h10-13,16H,5-9H2,1-4H3. The van der Waals surface area contributed by atoms with Crippen LogP contribution in [0.5, 0.6) is 0 Å². The van der Waals surface area contributed by atoms with Crippen LogP contribution < -0.4 is 10.2 Å². The molecule has 0 radical (unpaired) electrons. The Kier molecular flexibility index (Phi) is 5.22. The minimum Gasteiger partial charge on any atom is -0.342 e. The molecule has 2 rings (SSSR count). The van der Waals surface area contributed by atoms with Crippen molar-refractivity contribution in [1.29, 1.82) is 0 Å². The summed E-state index contributed by atoms with van der Waals surface area (Å²) in [5.41, 5.74) is 0. The zero-order valence-electron chi connectivity index (χ0n) is 12.6. The highest BCUT2D eigenvalue weighted by Gasteiger charge is 2.31. The number of nitrogens with zero attached hydrogens (tertiary/aromatic N) is 2. The molecule has 1 aliphatic heterocycles. The minimum absolute atomic E-state index is 0.421. The predicted octanol–water partition coefficient (Wildman–Crippen LogP) is 3.97. The summed E-state index contributed by atoms with van der Waals surface area (Å²) in [6.07, 6.45) is 7.08. The van der Waals surface area contributed by atoms with Gasteiger partial charge in [0, 0.05) is 29.2 Å². The summed E-state index contributed by atoms with van der Waals surface area (Å²) in [7, 11) is 0. The van der Waals surface area contributed by atoms with E-state index in [-0.39, 0.29) is 0 Å². The molecule has 0 aliphatic carbocycles. The molecule has 3 nitrogen and oxygen atoms in total. The summed E-state index contributed by atoms with van der Waals surface area (Å²) >= 11 is 1.86. The molecule has 1 saturated heterocycles. The number of hydrogen-bond acceptors (Lipinski definition) is 4. The summed E-state index contributed by atoms with van der Waals surface area (Å²) in [6, 6.07) is 1.75. The number of nitrogens with one attached hydrogen (secondary N) is 1. The fraction of sp³-hybridized carbons (Fsp3) is 0.800. The van der Waals surface area contributed by atoms with Crippen molar-refractivity contribution < 1.29 is 0 Å². The second-order valence-corrected chi connectivity index (χ2v) is 6.66. The van der Waals surface area contributed by atoms with Gasteiger partial charge in [0.15, 0.2) is 5.13 Å². The van der Waals surface area contributed by atoms with Gasteiger partial charge in [-0.3, -0.25) is 0 Å². The lowest BCUT2D eigenvalue weighted by Gasteiger charge is -2.27. The van der Waals surface area contributed by atoms with Crippen molar-refractivity contribution >= 4 is 16.5 Å². The van der Waals surface area contributed by atoms with E-state index in [0.29, 0.717) is 18.1 Å². The normalized spacial score (nSPS) is 24.9. The molecule has 108 valence electrons. The topological polar surface area (TPSA) is 28.2 Å². The first-order chi connectivity index (χ1) is 9.17. The summed E-state index contributed by atoms with van der Waals surface area (Å²) in [5, 5.41) is 4.76. The number of hydrogen-bond donors (Lipinski definition) is 1. The Morgan fingerprint density at radius 1 is 1.47 bits per heavy atom. The van der Waals surface area contributed by atoms with Crippen molar-refractivity contribution in [3.05, 3.63) is 11.1 Å². The van der Waals surface area contributed by atoms with Gasteiger partial charge >= 0.3 is 0 Å². The van der Waals surface area contributed by atoms with Crippen LogP contribution >= 0.6 is 11.3 Å². The molecule has 19 heavy (non-hydrogen) atoms. The van der Waals surface area contributed by atoms with E-state index in [9.17, 15) is 0 Å². The fourth-order valence-electron chi connectivity index (χ4n) is 2.88. The van der Waals surface area contributed by atoms with Crippen LogP contribution in [0.15, 0.2) is 6.20 Å². The van der Waals surface area contributed by atoms with E-state index in [1.807, 2.05) is 11.3 Å². The van der Waals surface area contributed by atoms with Gasteiger partial charge in [-0.05, 0) is 46.1 Å². The second kappa shape index (κ2) is 6.71. The van der Waals surface area contributed by atoms with E-state index >= 15 is 0 Å². The van der Waals surface area contributed by atoms with Crippen LogP contribution in [0.4, 0.5) is 5.13 Å². The van der Waals surface area contributed by atoms with Crippen LogP contribution in [0.25, 0.3) is 0 Å². The highest BCUT2D eigenvalue weighted by atomic mass is 32.1. The van der Waals surface area contributed by atoms with Crippen LogP contribution in [0.1, 0.15) is 64.3 Å². The molecule has 0 amide bonds. The van der Waals surface area contributed by atoms with Crippen LogP contribution in [-0.2, 0) is 0 Å². The summed E-state index contributed by atoms with van der Waals surface area (Å²) in [5.74, 6) is 0. The molecule has 1 aromatic rings. The average molecular weight is 281 g/mol. The largest absolute Gasteiger partial charge is 0.342 e. The first-order valence-electron chi connectivity index (χ1n) is 7.64. The lowest BCUT2D eigenvalue weighted by atomic mass is 10.2. The lowest BCUT2D eigenvalue weighted by molar-refractivity contribution is 0.577. The second-order valence-electron chi connectivity index (χ2n) is 5.62. The SMILES string of the molecule is CCCNC(C)c1cnc(N2C(C)CCC2CC)s1. The van der Waals surface area contributed by atoms with Crippen LogP contribution in [0.2, 0.25) is 0 Å². The number of thiazole rings is 1. The van der Waals surface area contributed by atoms with Gasteiger partial charge in [0.05, 0.1) is 0 Å². The lowest BCUT2D eigenvalue weighted by Crippen LogP contribution is -2.33. The minimum atomic E-state index is 0.421. The summed E-state index contributed by atoms with van der Waals surface area (Å²) < 4.78 is 0. The Balaban J connectivity index is 2.07. The van der Waals surface area contributed by atoms with E-state index in [4.69, 9.17) is 0 Å². The van der Waals surface area contributed by atoms with Gasteiger partial charge in [-0.25, -0.2) is 4.98 Å². The zero-order chi connectivity index (χ0) is 13.8. The highest BCUT2D eigenvalue weighted by molar-refractivity contribution is 7.15. The molecule has 0 bridgehead atoms. The van der Waals surface area contributed by atoms with Crippen LogP contribution in [0.3, 0.4) is 0 Å². The van der Waals surface area contributed by atoms with Gasteiger partial charge in [0.25, 0.3) is 0 Å². The molecule has 0 saturated carbocycles. The number of anilines is 1. The van der Waals surface area contributed by atoms with Crippen LogP contribution in [-0.4, -0.2) is 23.6 Å². The van der Waals surface area contributed by atoms with E-state index in [1.54, 1.807) is 0 Å². The highest BCUT2D eigenvalue weighted by Crippen LogP contribution is 2.35. The molecule has 1 aliphatic rings.